The molecule has 2 aliphatic rings. The summed E-state index contributed by atoms with van der Waals surface area (Å²) >= 11 is 3.32. The van der Waals surface area contributed by atoms with Crippen LogP contribution in [-0.2, 0) is 33.2 Å². The van der Waals surface area contributed by atoms with Crippen LogP contribution >= 0.6 is 15.9 Å². The average Bonchev–Trinajstić information content (AvgIpc) is 3.25. The van der Waals surface area contributed by atoms with Gasteiger partial charge in [-0.3, -0.25) is 9.69 Å². The van der Waals surface area contributed by atoms with Gasteiger partial charge in [0, 0.05) is 19.5 Å². The molecular formula is C31H37BrF6N4O4. The van der Waals surface area contributed by atoms with Crippen molar-refractivity contribution in [3.8, 4) is 0 Å². The number of halogens is 7. The highest BCUT2D eigenvalue weighted by Gasteiger charge is 2.44. The summed E-state index contributed by atoms with van der Waals surface area (Å²) < 4.78 is 92.0. The molecule has 2 heterocycles. The van der Waals surface area contributed by atoms with E-state index < -0.39 is 47.3 Å². The van der Waals surface area contributed by atoms with Gasteiger partial charge < -0.3 is 14.4 Å². The predicted octanol–water partition coefficient (Wildman–Crippen LogP) is 8.33. The molecule has 2 fully saturated rings. The third-order valence-electron chi connectivity index (χ3n) is 8.44. The first-order valence-corrected chi connectivity index (χ1v) is 16.1. The summed E-state index contributed by atoms with van der Waals surface area (Å²) in [5.74, 6) is 0.948. The fraction of sp³-hybridized carbons (Fsp3) is 0.613. The largest absolute Gasteiger partial charge is 0.466 e. The number of carbonyl (C=O) groups excluding carboxylic acids is 2. The minimum absolute atomic E-state index is 0.0429. The van der Waals surface area contributed by atoms with Gasteiger partial charge in [-0.05, 0) is 97.5 Å². The summed E-state index contributed by atoms with van der Waals surface area (Å²) in [7, 11) is 0. The molecule has 0 N–H and O–H groups in total. The number of rotatable bonds is 11. The Bertz CT molecular complexity index is 1350. The van der Waals surface area contributed by atoms with Gasteiger partial charge in [0.05, 0.1) is 36.5 Å². The SMILES string of the molecule is CCCN(CC1CCC(CC(=O)OCC)CC1)c1ncc(Br)nc1CN1C(=O)OC(c2cc(C(F)(F)F)cc(C(F)(F)F)c2)[C@@H]1C. The highest BCUT2D eigenvalue weighted by molar-refractivity contribution is 9.10. The van der Waals surface area contributed by atoms with Gasteiger partial charge in [-0.2, -0.15) is 26.3 Å². The second kappa shape index (κ2) is 14.8. The molecule has 1 unspecified atom stereocenters. The van der Waals surface area contributed by atoms with Crippen molar-refractivity contribution in [3.63, 3.8) is 0 Å². The molecule has 1 amide bonds. The highest BCUT2D eigenvalue weighted by Crippen LogP contribution is 2.41. The molecule has 0 spiro atoms. The van der Waals surface area contributed by atoms with Crippen LogP contribution in [0.25, 0.3) is 0 Å². The Kier molecular flexibility index (Phi) is 11.5. The molecule has 0 radical (unpaired) electrons. The molecule has 1 saturated carbocycles. The van der Waals surface area contributed by atoms with E-state index in [2.05, 4.69) is 30.8 Å². The first kappa shape index (κ1) is 35.7. The molecule has 254 valence electrons. The number of carbonyl (C=O) groups is 2. The lowest BCUT2D eigenvalue weighted by Crippen LogP contribution is -2.36. The van der Waals surface area contributed by atoms with Crippen molar-refractivity contribution in [3.05, 3.63) is 51.4 Å². The van der Waals surface area contributed by atoms with Crippen molar-refractivity contribution in [1.82, 2.24) is 14.9 Å². The van der Waals surface area contributed by atoms with Crippen LogP contribution in [0, 0.1) is 11.8 Å². The van der Waals surface area contributed by atoms with E-state index in [0.29, 0.717) is 60.3 Å². The molecule has 1 aliphatic carbocycles. The van der Waals surface area contributed by atoms with E-state index in [-0.39, 0.29) is 24.5 Å². The van der Waals surface area contributed by atoms with Crippen molar-refractivity contribution < 1.29 is 45.4 Å². The minimum atomic E-state index is -5.04. The van der Waals surface area contributed by atoms with Gasteiger partial charge in [0.15, 0.2) is 5.82 Å². The lowest BCUT2D eigenvalue weighted by molar-refractivity contribution is -0.145. The van der Waals surface area contributed by atoms with Crippen LogP contribution in [0.15, 0.2) is 29.0 Å². The van der Waals surface area contributed by atoms with Crippen LogP contribution in [0.4, 0.5) is 37.0 Å². The first-order valence-electron chi connectivity index (χ1n) is 15.3. The quantitative estimate of drug-likeness (QED) is 0.170. The third kappa shape index (κ3) is 8.82. The number of alkyl halides is 6. The first-order chi connectivity index (χ1) is 21.6. The topological polar surface area (TPSA) is 84.9 Å². The Labute approximate surface area is 272 Å². The van der Waals surface area contributed by atoms with Crippen LogP contribution in [-0.4, -0.2) is 52.7 Å². The number of esters is 1. The zero-order valence-corrected chi connectivity index (χ0v) is 27.3. The fourth-order valence-electron chi connectivity index (χ4n) is 6.17. The predicted molar refractivity (Wildman–Crippen MR) is 160 cm³/mol. The summed E-state index contributed by atoms with van der Waals surface area (Å²) in [5.41, 5.74) is -2.96. The van der Waals surface area contributed by atoms with E-state index in [1.165, 1.54) is 18.0 Å². The van der Waals surface area contributed by atoms with E-state index in [9.17, 15) is 35.9 Å². The molecule has 46 heavy (non-hydrogen) atoms. The van der Waals surface area contributed by atoms with Crippen LogP contribution in [0.5, 0.6) is 0 Å². The van der Waals surface area contributed by atoms with Crippen LogP contribution < -0.4 is 4.90 Å². The van der Waals surface area contributed by atoms with Gasteiger partial charge in [0.1, 0.15) is 16.4 Å². The van der Waals surface area contributed by atoms with Crippen LogP contribution in [0.2, 0.25) is 0 Å². The molecule has 1 aliphatic heterocycles. The number of hydrogen-bond acceptors (Lipinski definition) is 7. The second-order valence-electron chi connectivity index (χ2n) is 11.8. The van der Waals surface area contributed by atoms with Crippen molar-refractivity contribution in [2.45, 2.75) is 90.3 Å². The monoisotopic (exact) mass is 722 g/mol. The van der Waals surface area contributed by atoms with E-state index in [0.717, 1.165) is 32.1 Å². The van der Waals surface area contributed by atoms with Gasteiger partial charge in [-0.1, -0.05) is 6.92 Å². The molecule has 8 nitrogen and oxygen atoms in total. The Morgan fingerprint density at radius 1 is 1.04 bits per heavy atom. The molecule has 2 aromatic rings. The summed E-state index contributed by atoms with van der Waals surface area (Å²) in [6, 6.07) is 0.297. The zero-order valence-electron chi connectivity index (χ0n) is 25.8. The highest BCUT2D eigenvalue weighted by atomic mass is 79.9. The molecule has 1 saturated heterocycles. The van der Waals surface area contributed by atoms with Crippen LogP contribution in [0.3, 0.4) is 0 Å². The minimum Gasteiger partial charge on any atom is -0.466 e. The molecule has 0 bridgehead atoms. The maximum atomic E-state index is 13.5. The molecular weight excluding hydrogens is 686 g/mol. The van der Waals surface area contributed by atoms with Crippen molar-refractivity contribution in [1.29, 1.82) is 0 Å². The molecule has 1 aromatic heterocycles. The summed E-state index contributed by atoms with van der Waals surface area (Å²) in [6.45, 7) is 6.84. The number of benzene rings is 1. The summed E-state index contributed by atoms with van der Waals surface area (Å²) in [6.07, 6.45) is -5.99. The maximum Gasteiger partial charge on any atom is 0.416 e. The van der Waals surface area contributed by atoms with E-state index >= 15 is 0 Å². The molecule has 2 atom stereocenters. The number of amides is 1. The zero-order chi connectivity index (χ0) is 33.8. The number of anilines is 1. The molecule has 15 heteroatoms. The normalized spacial score (nSPS) is 22.1. The summed E-state index contributed by atoms with van der Waals surface area (Å²) in [5, 5.41) is 0. The number of cyclic esters (lactones) is 1. The number of nitrogens with zero attached hydrogens (tertiary/aromatic N) is 4. The molecule has 1 aromatic carbocycles. The van der Waals surface area contributed by atoms with Crippen molar-refractivity contribution >= 4 is 33.8 Å². The smallest absolute Gasteiger partial charge is 0.416 e. The second-order valence-corrected chi connectivity index (χ2v) is 12.6. The average molecular weight is 724 g/mol. The lowest BCUT2D eigenvalue weighted by Gasteiger charge is -2.34. The van der Waals surface area contributed by atoms with Gasteiger partial charge in [-0.25, -0.2) is 14.8 Å². The lowest BCUT2D eigenvalue weighted by atomic mass is 9.80. The number of ether oxygens (including phenoxy) is 2. The Hall–Kier alpha value is -3.10. The standard InChI is InChI=1S/C31H37BrF6N4O4/c1-4-10-41(16-20-8-6-19(7-9-20)11-26(43)45-5-2)28-24(40-25(32)15-39-28)17-42-18(3)27(46-29(42)44)21-12-22(30(33,34)35)14-23(13-21)31(36,37)38/h12-15,18-20,27H,4-11,16-17H2,1-3H3/t18-,19?,20?,27?/m0/s1. The summed E-state index contributed by atoms with van der Waals surface area (Å²) in [4.78, 5) is 37.5. The van der Waals surface area contributed by atoms with E-state index in [1.54, 1.807) is 6.92 Å². The Balaban J connectivity index is 1.54. The third-order valence-corrected chi connectivity index (χ3v) is 8.82. The van der Waals surface area contributed by atoms with Gasteiger partial charge >= 0.3 is 24.4 Å². The van der Waals surface area contributed by atoms with E-state index in [1.807, 2.05) is 6.92 Å². The Morgan fingerprint density at radius 3 is 2.22 bits per heavy atom. The van der Waals surface area contributed by atoms with Crippen LogP contribution in [0.1, 0.15) is 87.8 Å². The van der Waals surface area contributed by atoms with Gasteiger partial charge in [0.2, 0.25) is 0 Å². The van der Waals surface area contributed by atoms with Gasteiger partial charge in [0.25, 0.3) is 0 Å². The van der Waals surface area contributed by atoms with E-state index in [4.69, 9.17) is 9.47 Å². The Morgan fingerprint density at radius 2 is 1.65 bits per heavy atom. The molecule has 4 rings (SSSR count). The van der Waals surface area contributed by atoms with Gasteiger partial charge in [-0.15, -0.1) is 0 Å². The number of hydrogen-bond donors (Lipinski definition) is 0. The maximum absolute atomic E-state index is 13.5. The fourth-order valence-corrected chi connectivity index (χ4v) is 6.49. The van der Waals surface area contributed by atoms with Crippen molar-refractivity contribution in [2.75, 3.05) is 24.6 Å². The van der Waals surface area contributed by atoms with Crippen molar-refractivity contribution in [2.24, 2.45) is 11.8 Å². The number of aromatic nitrogens is 2.